The van der Waals surface area contributed by atoms with Crippen molar-refractivity contribution in [2.75, 3.05) is 4.90 Å². The molecule has 4 unspecified atom stereocenters. The normalized spacial score (nSPS) is 21.5. The molecule has 57 heavy (non-hydrogen) atoms. The average molecular weight is 755 g/mol. The lowest BCUT2D eigenvalue weighted by molar-refractivity contribution is 0.204. The molecule has 1 aliphatic carbocycles. The number of furan rings is 1. The molecule has 0 saturated carbocycles. The number of hydrogen-bond acceptors (Lipinski definition) is 6. The Balaban J connectivity index is 0.969. The summed E-state index contributed by atoms with van der Waals surface area (Å²) in [5.41, 5.74) is 11.6. The van der Waals surface area contributed by atoms with Gasteiger partial charge in [0.2, 0.25) is 0 Å². The van der Waals surface area contributed by atoms with Gasteiger partial charge in [-0.25, -0.2) is 0 Å². The van der Waals surface area contributed by atoms with Crippen LogP contribution in [-0.2, 0) is 0 Å². The van der Waals surface area contributed by atoms with Crippen LogP contribution in [-0.4, -0.2) is 6.04 Å². The summed E-state index contributed by atoms with van der Waals surface area (Å²) in [6, 6.07) is 57.2. The SMILES string of the molecule is C1=CC2c3ccccc3N(c3ccc4oc5c(-c6cccc7c6sc6cccc(C8NC(c9ccccc9)NC(c9ccccc9)N8)c67)cccc5c4c3)C2C=C1. The van der Waals surface area contributed by atoms with Crippen LogP contribution < -0.4 is 20.9 Å². The van der Waals surface area contributed by atoms with Crippen LogP contribution >= 0.6 is 11.3 Å². The van der Waals surface area contributed by atoms with Crippen molar-refractivity contribution in [3.63, 3.8) is 0 Å². The molecule has 3 aliphatic rings. The Labute approximate surface area is 334 Å². The molecular formula is C51H38N4OS. The van der Waals surface area contributed by atoms with Crippen molar-refractivity contribution < 1.29 is 4.42 Å². The lowest BCUT2D eigenvalue weighted by atomic mass is 9.91. The monoisotopic (exact) mass is 754 g/mol. The summed E-state index contributed by atoms with van der Waals surface area (Å²) >= 11 is 1.86. The number of rotatable bonds is 5. The van der Waals surface area contributed by atoms with Crippen LogP contribution in [0.3, 0.4) is 0 Å². The first-order chi connectivity index (χ1) is 28.3. The van der Waals surface area contributed by atoms with E-state index in [9.17, 15) is 0 Å². The van der Waals surface area contributed by atoms with Crippen molar-refractivity contribution in [2.45, 2.75) is 30.5 Å². The minimum atomic E-state index is -0.0993. The van der Waals surface area contributed by atoms with E-state index in [4.69, 9.17) is 4.42 Å². The second kappa shape index (κ2) is 13.2. The topological polar surface area (TPSA) is 52.5 Å². The van der Waals surface area contributed by atoms with Gasteiger partial charge in [-0.05, 0) is 52.6 Å². The Morgan fingerprint density at radius 2 is 1.19 bits per heavy atom. The lowest BCUT2D eigenvalue weighted by Crippen LogP contribution is -2.54. The van der Waals surface area contributed by atoms with E-state index in [1.807, 2.05) is 11.3 Å². The van der Waals surface area contributed by atoms with E-state index in [1.54, 1.807) is 0 Å². The molecule has 0 spiro atoms. The maximum Gasteiger partial charge on any atom is 0.143 e. The van der Waals surface area contributed by atoms with E-state index >= 15 is 0 Å². The number of hydrogen-bond donors (Lipinski definition) is 3. The number of thiophene rings is 1. The molecule has 2 aliphatic heterocycles. The van der Waals surface area contributed by atoms with Gasteiger partial charge < -0.3 is 9.32 Å². The van der Waals surface area contributed by atoms with Gasteiger partial charge in [-0.3, -0.25) is 16.0 Å². The van der Waals surface area contributed by atoms with Crippen molar-refractivity contribution in [1.29, 1.82) is 0 Å². The van der Waals surface area contributed by atoms with Gasteiger partial charge in [0.15, 0.2) is 0 Å². The number of nitrogens with zero attached hydrogens (tertiary/aromatic N) is 1. The zero-order chi connectivity index (χ0) is 37.5. The molecule has 0 radical (unpaired) electrons. The maximum absolute atomic E-state index is 6.82. The van der Waals surface area contributed by atoms with Gasteiger partial charge in [0.1, 0.15) is 11.2 Å². The fourth-order valence-corrected chi connectivity index (χ4v) is 10.8. The summed E-state index contributed by atoms with van der Waals surface area (Å²) in [6.07, 6.45) is 8.84. The zero-order valence-electron chi connectivity index (χ0n) is 31.0. The third-order valence-electron chi connectivity index (χ3n) is 12.1. The van der Waals surface area contributed by atoms with Gasteiger partial charge in [-0.15, -0.1) is 11.3 Å². The smallest absolute Gasteiger partial charge is 0.143 e. The van der Waals surface area contributed by atoms with Gasteiger partial charge in [-0.1, -0.05) is 152 Å². The summed E-state index contributed by atoms with van der Waals surface area (Å²) in [5.74, 6) is 0.342. The molecule has 12 rings (SSSR count). The number of para-hydroxylation sites is 2. The number of benzene rings is 7. The molecule has 0 amide bonds. The predicted octanol–water partition coefficient (Wildman–Crippen LogP) is 12.5. The number of anilines is 2. The van der Waals surface area contributed by atoms with Crippen LogP contribution in [0.5, 0.6) is 0 Å². The molecule has 1 fully saturated rings. The van der Waals surface area contributed by atoms with E-state index in [0.29, 0.717) is 5.92 Å². The summed E-state index contributed by atoms with van der Waals surface area (Å²) in [6.45, 7) is 0. The molecule has 0 bridgehead atoms. The van der Waals surface area contributed by atoms with Crippen molar-refractivity contribution in [1.82, 2.24) is 16.0 Å². The maximum atomic E-state index is 6.82. The van der Waals surface area contributed by atoms with Crippen LogP contribution in [0.15, 0.2) is 186 Å². The largest absolute Gasteiger partial charge is 0.455 e. The highest BCUT2D eigenvalue weighted by molar-refractivity contribution is 7.26. The first-order valence-corrected chi connectivity index (χ1v) is 20.6. The third-order valence-corrected chi connectivity index (χ3v) is 13.3. The Bertz CT molecular complexity index is 3010. The highest BCUT2D eigenvalue weighted by Gasteiger charge is 2.37. The van der Waals surface area contributed by atoms with Gasteiger partial charge >= 0.3 is 0 Å². The molecule has 7 aromatic carbocycles. The fraction of sp³-hybridized carbons (Fsp3) is 0.0980. The van der Waals surface area contributed by atoms with Crippen LogP contribution in [0.4, 0.5) is 11.4 Å². The van der Waals surface area contributed by atoms with Crippen molar-refractivity contribution >= 4 is 64.8 Å². The molecular weight excluding hydrogens is 717 g/mol. The van der Waals surface area contributed by atoms with Crippen molar-refractivity contribution in [3.8, 4) is 11.1 Å². The summed E-state index contributed by atoms with van der Waals surface area (Å²) in [7, 11) is 0. The van der Waals surface area contributed by atoms with Crippen LogP contribution in [0.25, 0.3) is 53.2 Å². The molecule has 5 nitrogen and oxygen atoms in total. The first-order valence-electron chi connectivity index (χ1n) is 19.8. The second-order valence-electron chi connectivity index (χ2n) is 15.3. The Kier molecular flexibility index (Phi) is 7.60. The standard InChI is InChI=1S/C51H38N4OS/c1-3-14-31(15-4-1)49-52-50(32-16-5-2-6-17-32)54-51(53-49)40-24-13-27-45-46(40)39-23-12-22-38(48(39)57-45)36-20-11-21-37-41-30-33(28-29-44(41)56-47(36)37)55-42-25-9-7-18-34(42)35-19-8-10-26-43(35)55/h1-30,34,42,49-54H. The van der Waals surface area contributed by atoms with E-state index in [2.05, 4.69) is 203 Å². The number of nitrogens with one attached hydrogen (secondary N) is 3. The van der Waals surface area contributed by atoms with E-state index in [0.717, 1.165) is 27.5 Å². The lowest BCUT2D eigenvalue weighted by Gasteiger charge is -2.40. The number of allylic oxidation sites excluding steroid dienone is 2. The van der Waals surface area contributed by atoms with Crippen molar-refractivity contribution in [2.24, 2.45) is 0 Å². The van der Waals surface area contributed by atoms with Crippen molar-refractivity contribution in [3.05, 3.63) is 204 Å². The molecule has 9 aromatic rings. The fourth-order valence-electron chi connectivity index (χ4n) is 9.57. The van der Waals surface area contributed by atoms with Crippen LogP contribution in [0, 0.1) is 0 Å². The predicted molar refractivity (Wildman–Crippen MR) is 236 cm³/mol. The van der Waals surface area contributed by atoms with Crippen LogP contribution in [0.1, 0.15) is 46.7 Å². The highest BCUT2D eigenvalue weighted by Crippen LogP contribution is 2.49. The molecule has 1 saturated heterocycles. The highest BCUT2D eigenvalue weighted by atomic mass is 32.1. The Morgan fingerprint density at radius 1 is 0.526 bits per heavy atom. The molecule has 3 N–H and O–H groups in total. The Hall–Kier alpha value is -6.28. The van der Waals surface area contributed by atoms with Gasteiger partial charge in [0, 0.05) is 59.4 Å². The van der Waals surface area contributed by atoms with Crippen LogP contribution in [0.2, 0.25) is 0 Å². The summed E-state index contributed by atoms with van der Waals surface area (Å²) in [5, 5.41) is 16.5. The summed E-state index contributed by atoms with van der Waals surface area (Å²) < 4.78 is 9.34. The molecule has 6 heteroatoms. The van der Waals surface area contributed by atoms with Gasteiger partial charge in [0.05, 0.1) is 24.5 Å². The second-order valence-corrected chi connectivity index (χ2v) is 16.4. The van der Waals surface area contributed by atoms with Gasteiger partial charge in [-0.2, -0.15) is 0 Å². The molecule has 2 aromatic heterocycles. The number of fused-ring (bicyclic) bond motifs is 9. The average Bonchev–Trinajstić information content (AvgIpc) is 3.96. The molecule has 4 atom stereocenters. The quantitative estimate of drug-likeness (QED) is 0.163. The first kappa shape index (κ1) is 32.9. The van der Waals surface area contributed by atoms with E-state index in [-0.39, 0.29) is 24.5 Å². The Morgan fingerprint density at radius 3 is 2.00 bits per heavy atom. The summed E-state index contributed by atoms with van der Waals surface area (Å²) in [4.78, 5) is 2.49. The minimum Gasteiger partial charge on any atom is -0.455 e. The molecule has 4 heterocycles. The molecule has 274 valence electrons. The zero-order valence-corrected chi connectivity index (χ0v) is 31.8. The van der Waals surface area contributed by atoms with Gasteiger partial charge in [0.25, 0.3) is 0 Å². The van der Waals surface area contributed by atoms with E-state index < -0.39 is 0 Å². The minimum absolute atomic E-state index is 0.0396. The van der Waals surface area contributed by atoms with E-state index in [1.165, 1.54) is 59.4 Å². The third kappa shape index (κ3) is 5.26.